The second-order valence-corrected chi connectivity index (χ2v) is 6.67. The number of rotatable bonds is 5. The van der Waals surface area contributed by atoms with Gasteiger partial charge in [-0.3, -0.25) is 14.7 Å². The van der Waals surface area contributed by atoms with Gasteiger partial charge in [-0.05, 0) is 37.6 Å². The quantitative estimate of drug-likeness (QED) is 0.893. The van der Waals surface area contributed by atoms with Crippen LogP contribution < -0.4 is 0 Å². The molecule has 0 spiro atoms. The van der Waals surface area contributed by atoms with Crippen molar-refractivity contribution in [1.29, 1.82) is 0 Å². The molecule has 0 radical (unpaired) electrons. The molecule has 1 aliphatic rings. The van der Waals surface area contributed by atoms with E-state index in [1.165, 1.54) is 16.7 Å². The smallest absolute Gasteiger partial charge is 0.326 e. The zero-order valence-corrected chi connectivity index (χ0v) is 14.8. The van der Waals surface area contributed by atoms with Gasteiger partial charge in [-0.2, -0.15) is 0 Å². The van der Waals surface area contributed by atoms with Crippen molar-refractivity contribution in [2.75, 3.05) is 13.6 Å². The number of amides is 1. The molecule has 0 saturated carbocycles. The Morgan fingerprint density at radius 2 is 2.00 bits per heavy atom. The topological polar surface area (TPSA) is 73.7 Å². The van der Waals surface area contributed by atoms with E-state index in [0.717, 1.165) is 13.0 Å². The van der Waals surface area contributed by atoms with Gasteiger partial charge in [0.2, 0.25) is 0 Å². The normalized spacial score (nSPS) is 20.2. The minimum Gasteiger partial charge on any atom is -0.480 e. The van der Waals surface area contributed by atoms with Gasteiger partial charge in [-0.25, -0.2) is 4.79 Å². The van der Waals surface area contributed by atoms with Crippen molar-refractivity contribution in [3.8, 4) is 0 Å². The van der Waals surface area contributed by atoms with Gasteiger partial charge in [0.1, 0.15) is 6.04 Å². The third-order valence-corrected chi connectivity index (χ3v) is 4.93. The van der Waals surface area contributed by atoms with Crippen LogP contribution in [0.1, 0.15) is 28.8 Å². The first-order valence-corrected chi connectivity index (χ1v) is 8.74. The van der Waals surface area contributed by atoms with E-state index in [1.807, 2.05) is 25.2 Å². The van der Waals surface area contributed by atoms with Crippen molar-refractivity contribution in [2.24, 2.45) is 0 Å². The fourth-order valence-electron chi connectivity index (χ4n) is 3.48. The highest BCUT2D eigenvalue weighted by Gasteiger charge is 2.37. The molecule has 1 saturated heterocycles. The number of aliphatic carboxylic acids is 1. The van der Waals surface area contributed by atoms with Crippen LogP contribution in [0, 0.1) is 0 Å². The zero-order valence-electron chi connectivity index (χ0n) is 14.8. The Kier molecular flexibility index (Phi) is 5.63. The van der Waals surface area contributed by atoms with Gasteiger partial charge in [0.15, 0.2) is 0 Å². The number of benzene rings is 1. The van der Waals surface area contributed by atoms with Crippen LogP contribution in [-0.4, -0.2) is 57.4 Å². The van der Waals surface area contributed by atoms with Crippen molar-refractivity contribution in [3.63, 3.8) is 0 Å². The maximum absolute atomic E-state index is 12.7. The van der Waals surface area contributed by atoms with E-state index in [1.54, 1.807) is 18.3 Å². The molecule has 6 nitrogen and oxygen atoms in total. The van der Waals surface area contributed by atoms with Crippen LogP contribution in [-0.2, 0) is 11.3 Å². The average Bonchev–Trinajstić information content (AvgIpc) is 2.68. The van der Waals surface area contributed by atoms with Gasteiger partial charge < -0.3 is 10.0 Å². The summed E-state index contributed by atoms with van der Waals surface area (Å²) in [4.78, 5) is 32.1. The van der Waals surface area contributed by atoms with Crippen LogP contribution >= 0.6 is 0 Å². The molecule has 1 aromatic carbocycles. The van der Waals surface area contributed by atoms with Crippen molar-refractivity contribution < 1.29 is 14.7 Å². The third kappa shape index (κ3) is 4.08. The number of carbonyl (C=O) groups is 2. The summed E-state index contributed by atoms with van der Waals surface area (Å²) in [5, 5.41) is 9.67. The molecule has 136 valence electrons. The second-order valence-electron chi connectivity index (χ2n) is 6.67. The molecule has 0 aliphatic carbocycles. The zero-order chi connectivity index (χ0) is 18.5. The van der Waals surface area contributed by atoms with Gasteiger partial charge in [0, 0.05) is 31.5 Å². The van der Waals surface area contributed by atoms with Gasteiger partial charge in [-0.1, -0.05) is 30.3 Å². The molecule has 1 N–H and O–H groups in total. The summed E-state index contributed by atoms with van der Waals surface area (Å²) >= 11 is 0. The van der Waals surface area contributed by atoms with Crippen molar-refractivity contribution >= 4 is 11.9 Å². The Balaban J connectivity index is 1.70. The van der Waals surface area contributed by atoms with E-state index < -0.39 is 12.0 Å². The van der Waals surface area contributed by atoms with Crippen molar-refractivity contribution in [2.45, 2.75) is 31.5 Å². The van der Waals surface area contributed by atoms with Crippen LogP contribution in [0.25, 0.3) is 0 Å². The molecule has 1 fully saturated rings. The second kappa shape index (κ2) is 8.10. The number of carbonyl (C=O) groups excluding carboxylic acids is 1. The fraction of sp³-hybridized carbons (Fsp3) is 0.350. The van der Waals surface area contributed by atoms with Gasteiger partial charge in [-0.15, -0.1) is 0 Å². The Hall–Kier alpha value is -2.73. The summed E-state index contributed by atoms with van der Waals surface area (Å²) in [6, 6.07) is 12.8. The fourth-order valence-corrected chi connectivity index (χ4v) is 3.48. The van der Waals surface area contributed by atoms with E-state index in [4.69, 9.17) is 0 Å². The Morgan fingerprint density at radius 3 is 2.65 bits per heavy atom. The minimum atomic E-state index is -0.958. The highest BCUT2D eigenvalue weighted by molar-refractivity contribution is 5.96. The number of piperidine rings is 1. The summed E-state index contributed by atoms with van der Waals surface area (Å²) in [7, 11) is 2.01. The third-order valence-electron chi connectivity index (χ3n) is 4.93. The first kappa shape index (κ1) is 18.1. The molecule has 2 heterocycles. The molecule has 1 amide bonds. The lowest BCUT2D eigenvalue weighted by atomic mass is 9.95. The molecule has 2 atom stereocenters. The number of aromatic nitrogens is 1. The van der Waals surface area contributed by atoms with Crippen LogP contribution in [0.4, 0.5) is 0 Å². The molecular weight excluding hydrogens is 330 g/mol. The summed E-state index contributed by atoms with van der Waals surface area (Å²) in [6.07, 6.45) is 4.24. The first-order chi connectivity index (χ1) is 12.6. The number of hydrogen-bond acceptors (Lipinski definition) is 4. The van der Waals surface area contributed by atoms with Crippen molar-refractivity contribution in [3.05, 3.63) is 66.0 Å². The molecule has 1 aliphatic heterocycles. The van der Waals surface area contributed by atoms with E-state index in [-0.39, 0.29) is 11.9 Å². The standard InChI is InChI=1S/C20H23N3O3/c1-22(14-15-6-3-2-4-7-15)17-9-11-23(18(12-17)20(25)26)19(24)16-8-5-10-21-13-16/h2-8,10,13,17-18H,9,11-12,14H2,1H3,(H,25,26)/t17-,18+/m1/s1. The van der Waals surface area contributed by atoms with Crippen LogP contribution in [0.3, 0.4) is 0 Å². The van der Waals surface area contributed by atoms with E-state index in [9.17, 15) is 14.7 Å². The maximum atomic E-state index is 12.7. The van der Waals surface area contributed by atoms with Crippen LogP contribution in [0.15, 0.2) is 54.9 Å². The summed E-state index contributed by atoms with van der Waals surface area (Å²) in [5.41, 5.74) is 1.62. The summed E-state index contributed by atoms with van der Waals surface area (Å²) in [6.45, 7) is 1.18. The monoisotopic (exact) mass is 353 g/mol. The molecule has 6 heteroatoms. The first-order valence-electron chi connectivity index (χ1n) is 8.74. The van der Waals surface area contributed by atoms with Gasteiger partial charge in [0.25, 0.3) is 5.91 Å². The summed E-state index contributed by atoms with van der Waals surface area (Å²) in [5.74, 6) is -1.23. The number of nitrogens with zero attached hydrogens (tertiary/aromatic N) is 3. The molecule has 2 aromatic rings. The largest absolute Gasteiger partial charge is 0.480 e. The number of hydrogen-bond donors (Lipinski definition) is 1. The van der Waals surface area contributed by atoms with Gasteiger partial charge >= 0.3 is 5.97 Å². The predicted octanol–water partition coefficient (Wildman–Crippen LogP) is 2.27. The van der Waals surface area contributed by atoms with E-state index >= 15 is 0 Å². The van der Waals surface area contributed by atoms with Crippen LogP contribution in [0.5, 0.6) is 0 Å². The maximum Gasteiger partial charge on any atom is 0.326 e. The number of carboxylic acid groups (broad SMARTS) is 1. The van der Waals surface area contributed by atoms with E-state index in [0.29, 0.717) is 18.5 Å². The van der Waals surface area contributed by atoms with Gasteiger partial charge in [0.05, 0.1) is 5.56 Å². The SMILES string of the molecule is CN(Cc1ccccc1)[C@@H]1CCN(C(=O)c2cccnc2)[C@H](C(=O)O)C1. The lowest BCUT2D eigenvalue weighted by Crippen LogP contribution is -2.54. The Morgan fingerprint density at radius 1 is 1.23 bits per heavy atom. The number of likely N-dealkylation sites (tertiary alicyclic amines) is 1. The molecule has 3 rings (SSSR count). The van der Waals surface area contributed by atoms with E-state index in [2.05, 4.69) is 22.0 Å². The average molecular weight is 353 g/mol. The number of carboxylic acids is 1. The Labute approximate surface area is 153 Å². The molecule has 0 bridgehead atoms. The highest BCUT2D eigenvalue weighted by atomic mass is 16.4. The molecule has 0 unspecified atom stereocenters. The molecule has 26 heavy (non-hydrogen) atoms. The van der Waals surface area contributed by atoms with Crippen molar-refractivity contribution in [1.82, 2.24) is 14.8 Å². The van der Waals surface area contributed by atoms with Crippen LogP contribution in [0.2, 0.25) is 0 Å². The molecule has 1 aromatic heterocycles. The molecular formula is C20H23N3O3. The predicted molar refractivity (Wildman–Crippen MR) is 97.6 cm³/mol. The summed E-state index contributed by atoms with van der Waals surface area (Å²) < 4.78 is 0. The lowest BCUT2D eigenvalue weighted by Gasteiger charge is -2.40. The Bertz CT molecular complexity index is 751. The lowest BCUT2D eigenvalue weighted by molar-refractivity contribution is -0.144. The highest BCUT2D eigenvalue weighted by Crippen LogP contribution is 2.24. The minimum absolute atomic E-state index is 0.120. The number of pyridine rings is 1.